The molecule has 10 nitrogen and oxygen atoms in total. The molecule has 2 heterocycles. The highest BCUT2D eigenvalue weighted by Crippen LogP contribution is 2.26. The van der Waals surface area contributed by atoms with Gasteiger partial charge in [0.2, 0.25) is 5.95 Å². The van der Waals surface area contributed by atoms with Crippen LogP contribution in [0.2, 0.25) is 0 Å². The van der Waals surface area contributed by atoms with E-state index in [1.54, 1.807) is 7.05 Å². The first kappa shape index (κ1) is 21.5. The quantitative estimate of drug-likeness (QED) is 0.449. The Morgan fingerprint density at radius 1 is 1.16 bits per heavy atom. The number of anilines is 2. The minimum absolute atomic E-state index is 0.0318. The molecule has 168 valence electrons. The summed E-state index contributed by atoms with van der Waals surface area (Å²) in [6, 6.07) is 9.50. The van der Waals surface area contributed by atoms with E-state index in [0.29, 0.717) is 5.95 Å². The van der Waals surface area contributed by atoms with Gasteiger partial charge in [-0.15, -0.1) is 0 Å². The molecular formula is C22H27N7O3. The van der Waals surface area contributed by atoms with Gasteiger partial charge in [-0.05, 0) is 37.8 Å². The zero-order valence-electron chi connectivity index (χ0n) is 18.4. The van der Waals surface area contributed by atoms with Gasteiger partial charge in [0.05, 0.1) is 16.6 Å². The maximum absolute atomic E-state index is 12.6. The second kappa shape index (κ2) is 8.81. The van der Waals surface area contributed by atoms with Crippen LogP contribution >= 0.6 is 0 Å². The summed E-state index contributed by atoms with van der Waals surface area (Å²) in [7, 11) is 5.57. The molecule has 1 aliphatic rings. The van der Waals surface area contributed by atoms with Crippen molar-refractivity contribution >= 4 is 34.3 Å². The van der Waals surface area contributed by atoms with Crippen LogP contribution in [0.15, 0.2) is 36.5 Å². The summed E-state index contributed by atoms with van der Waals surface area (Å²) in [5.41, 5.74) is 1.10. The van der Waals surface area contributed by atoms with E-state index >= 15 is 0 Å². The Morgan fingerprint density at radius 2 is 1.84 bits per heavy atom. The number of hydrogen-bond acceptors (Lipinski definition) is 7. The Bertz CT molecular complexity index is 1150. The Hall–Kier alpha value is -3.69. The third-order valence-corrected chi connectivity index (χ3v) is 5.84. The van der Waals surface area contributed by atoms with Crippen molar-refractivity contribution < 1.29 is 9.72 Å². The van der Waals surface area contributed by atoms with Crippen LogP contribution in [-0.4, -0.2) is 51.5 Å². The van der Waals surface area contributed by atoms with Gasteiger partial charge in [0, 0.05) is 44.7 Å². The number of carbonyl (C=O) groups is 1. The van der Waals surface area contributed by atoms with Gasteiger partial charge in [-0.1, -0.05) is 12.1 Å². The van der Waals surface area contributed by atoms with E-state index in [1.165, 1.54) is 16.8 Å². The number of aromatic nitrogens is 3. The molecule has 1 aromatic carbocycles. The van der Waals surface area contributed by atoms with E-state index in [0.717, 1.165) is 42.4 Å². The zero-order valence-corrected chi connectivity index (χ0v) is 18.4. The smallest absolute Gasteiger partial charge is 0.287 e. The molecule has 0 aliphatic heterocycles. The Kier molecular flexibility index (Phi) is 5.93. The predicted octanol–water partition coefficient (Wildman–Crippen LogP) is 3.10. The predicted molar refractivity (Wildman–Crippen MR) is 123 cm³/mol. The van der Waals surface area contributed by atoms with E-state index in [9.17, 15) is 14.9 Å². The lowest BCUT2D eigenvalue weighted by molar-refractivity contribution is -0.384. The summed E-state index contributed by atoms with van der Waals surface area (Å²) in [4.78, 5) is 34.4. The molecule has 32 heavy (non-hydrogen) atoms. The average Bonchev–Trinajstić information content (AvgIpc) is 3.16. The highest BCUT2D eigenvalue weighted by molar-refractivity contribution is 5.93. The monoisotopic (exact) mass is 437 g/mol. The van der Waals surface area contributed by atoms with Gasteiger partial charge >= 0.3 is 0 Å². The number of amides is 1. The number of carbonyl (C=O) groups excluding carboxylic acids is 1. The first-order chi connectivity index (χ1) is 15.3. The Balaban J connectivity index is 1.37. The zero-order chi connectivity index (χ0) is 22.8. The van der Waals surface area contributed by atoms with Crippen molar-refractivity contribution in [2.75, 3.05) is 24.3 Å². The van der Waals surface area contributed by atoms with Crippen molar-refractivity contribution in [1.82, 2.24) is 19.9 Å². The molecule has 10 heteroatoms. The molecule has 0 atom stereocenters. The molecule has 1 fully saturated rings. The highest BCUT2D eigenvalue weighted by Gasteiger charge is 2.25. The van der Waals surface area contributed by atoms with Crippen LogP contribution in [0.25, 0.3) is 10.9 Å². The molecule has 3 aromatic rings. The minimum Gasteiger partial charge on any atom is -0.362 e. The van der Waals surface area contributed by atoms with E-state index in [2.05, 4.69) is 15.6 Å². The fourth-order valence-corrected chi connectivity index (χ4v) is 4.16. The Labute approximate surface area is 185 Å². The van der Waals surface area contributed by atoms with Crippen LogP contribution in [0.4, 0.5) is 17.5 Å². The number of aryl methyl sites for hydroxylation is 1. The molecule has 0 saturated heterocycles. The number of rotatable bonds is 6. The summed E-state index contributed by atoms with van der Waals surface area (Å²) in [6.45, 7) is 0. The van der Waals surface area contributed by atoms with Crippen molar-refractivity contribution in [1.29, 1.82) is 0 Å². The van der Waals surface area contributed by atoms with Crippen LogP contribution in [0.1, 0.15) is 36.2 Å². The Morgan fingerprint density at radius 3 is 2.50 bits per heavy atom. The molecule has 0 spiro atoms. The first-order valence-corrected chi connectivity index (χ1v) is 10.6. The molecule has 2 N–H and O–H groups in total. The van der Waals surface area contributed by atoms with Gasteiger partial charge in [-0.25, -0.2) is 4.98 Å². The van der Waals surface area contributed by atoms with Crippen LogP contribution in [0, 0.1) is 10.1 Å². The van der Waals surface area contributed by atoms with Gasteiger partial charge in [-0.2, -0.15) is 4.98 Å². The van der Waals surface area contributed by atoms with Crippen molar-refractivity contribution in [3.05, 3.63) is 52.3 Å². The van der Waals surface area contributed by atoms with Gasteiger partial charge < -0.3 is 20.1 Å². The largest absolute Gasteiger partial charge is 0.362 e. The average molecular weight is 438 g/mol. The minimum atomic E-state index is -0.496. The van der Waals surface area contributed by atoms with Crippen molar-refractivity contribution in [3.63, 3.8) is 0 Å². The second-order valence-electron chi connectivity index (χ2n) is 8.40. The molecule has 0 radical (unpaired) electrons. The number of nitro groups is 1. The summed E-state index contributed by atoms with van der Waals surface area (Å²) >= 11 is 0. The highest BCUT2D eigenvalue weighted by atomic mass is 16.6. The number of benzene rings is 1. The third kappa shape index (κ3) is 4.48. The summed E-state index contributed by atoms with van der Waals surface area (Å²) in [5, 5.41) is 18.4. The summed E-state index contributed by atoms with van der Waals surface area (Å²) in [5.74, 6) is 1.19. The first-order valence-electron chi connectivity index (χ1n) is 10.6. The van der Waals surface area contributed by atoms with Crippen molar-refractivity contribution in [2.45, 2.75) is 37.8 Å². The number of hydrogen-bond donors (Lipinski definition) is 2. The SMILES string of the molecule is CN(C)c1nc(NC2CCC(NC(=O)c3cc([N+](=O)[O-])cn3C)CC2)nc2ccccc12. The van der Waals surface area contributed by atoms with Crippen molar-refractivity contribution in [2.24, 2.45) is 7.05 Å². The number of nitrogens with one attached hydrogen (secondary N) is 2. The standard InChI is InChI=1S/C22H27N7O3/c1-27(2)20-17-6-4-5-7-18(17)25-22(26-20)24-15-10-8-14(9-11-15)23-21(30)19-12-16(29(31)32)13-28(19)3/h4-7,12-15H,8-11H2,1-3H3,(H,23,30)(H,24,25,26). The lowest BCUT2D eigenvalue weighted by Gasteiger charge is -2.30. The topological polar surface area (TPSA) is 118 Å². The van der Waals surface area contributed by atoms with Gasteiger partial charge in [0.15, 0.2) is 0 Å². The molecule has 0 unspecified atom stereocenters. The maximum Gasteiger partial charge on any atom is 0.287 e. The lowest BCUT2D eigenvalue weighted by atomic mass is 9.91. The molecule has 0 bridgehead atoms. The van der Waals surface area contributed by atoms with E-state index in [-0.39, 0.29) is 29.4 Å². The van der Waals surface area contributed by atoms with Gasteiger partial charge in [0.25, 0.3) is 11.6 Å². The van der Waals surface area contributed by atoms with Crippen LogP contribution in [0.5, 0.6) is 0 Å². The lowest BCUT2D eigenvalue weighted by Crippen LogP contribution is -2.40. The van der Waals surface area contributed by atoms with Crippen molar-refractivity contribution in [3.8, 4) is 0 Å². The van der Waals surface area contributed by atoms with Gasteiger partial charge in [-0.3, -0.25) is 14.9 Å². The molecule has 2 aromatic heterocycles. The van der Waals surface area contributed by atoms with Gasteiger partial charge in [0.1, 0.15) is 11.5 Å². The number of para-hydroxylation sites is 1. The van der Waals surface area contributed by atoms with E-state index in [1.807, 2.05) is 43.3 Å². The summed E-state index contributed by atoms with van der Waals surface area (Å²) in [6.07, 6.45) is 4.70. The van der Waals surface area contributed by atoms with Crippen LogP contribution < -0.4 is 15.5 Å². The fraction of sp³-hybridized carbons (Fsp3) is 0.409. The van der Waals surface area contributed by atoms with Crippen LogP contribution in [-0.2, 0) is 7.05 Å². The maximum atomic E-state index is 12.6. The second-order valence-corrected chi connectivity index (χ2v) is 8.40. The fourth-order valence-electron chi connectivity index (χ4n) is 4.16. The molecular weight excluding hydrogens is 410 g/mol. The molecule has 4 rings (SSSR count). The number of nitrogens with zero attached hydrogens (tertiary/aromatic N) is 5. The molecule has 1 aliphatic carbocycles. The van der Waals surface area contributed by atoms with Crippen LogP contribution in [0.3, 0.4) is 0 Å². The van der Waals surface area contributed by atoms with E-state index < -0.39 is 4.92 Å². The third-order valence-electron chi connectivity index (χ3n) is 5.84. The normalized spacial score (nSPS) is 18.3. The van der Waals surface area contributed by atoms with E-state index in [4.69, 9.17) is 4.98 Å². The summed E-state index contributed by atoms with van der Waals surface area (Å²) < 4.78 is 1.49. The number of fused-ring (bicyclic) bond motifs is 1. The molecule has 1 saturated carbocycles. The molecule has 1 amide bonds.